The second kappa shape index (κ2) is 10.8. The lowest BCUT2D eigenvalue weighted by Gasteiger charge is -2.16. The van der Waals surface area contributed by atoms with E-state index >= 15 is 0 Å². The van der Waals surface area contributed by atoms with E-state index in [-0.39, 0.29) is 22.4 Å². The van der Waals surface area contributed by atoms with Crippen molar-refractivity contribution in [1.29, 1.82) is 0 Å². The first-order valence-corrected chi connectivity index (χ1v) is 14.7. The van der Waals surface area contributed by atoms with Gasteiger partial charge in [0, 0.05) is 23.1 Å². The molecule has 0 saturated heterocycles. The fourth-order valence-electron chi connectivity index (χ4n) is 5.25. The van der Waals surface area contributed by atoms with Crippen molar-refractivity contribution in [3.63, 3.8) is 0 Å². The lowest BCUT2D eigenvalue weighted by molar-refractivity contribution is 0.102. The van der Waals surface area contributed by atoms with E-state index in [1.165, 1.54) is 7.11 Å². The summed E-state index contributed by atoms with van der Waals surface area (Å²) in [6.07, 6.45) is 4.36. The number of benzene rings is 2. The Balaban J connectivity index is 1.66. The minimum absolute atomic E-state index is 0.0146. The molecule has 1 aliphatic rings. The fraction of sp³-hybridized carbons (Fsp3) is 0.345. The van der Waals surface area contributed by atoms with Crippen molar-refractivity contribution in [3.05, 3.63) is 71.2 Å². The minimum Gasteiger partial charge on any atom is -0.495 e. The van der Waals surface area contributed by atoms with Crippen LogP contribution in [0.4, 0.5) is 5.69 Å². The van der Waals surface area contributed by atoms with Gasteiger partial charge in [-0.15, -0.1) is 0 Å². The summed E-state index contributed by atoms with van der Waals surface area (Å²) in [6.45, 7) is 5.79. The largest absolute Gasteiger partial charge is 0.495 e. The first-order chi connectivity index (χ1) is 18.7. The molecule has 0 bridgehead atoms. The van der Waals surface area contributed by atoms with Gasteiger partial charge in [-0.2, -0.15) is 5.10 Å². The Morgan fingerprint density at radius 1 is 1.10 bits per heavy atom. The van der Waals surface area contributed by atoms with Crippen LogP contribution in [0.25, 0.3) is 16.8 Å². The SMILES string of the molecule is CCc1ccccc1NC(=O)c1nn2c(C)cc(C)nc2c1-c1ccc(OC)c(S(=O)(=O)NC2CCCC2)c1. The normalized spacial score (nSPS) is 14.2. The molecule has 2 aromatic heterocycles. The van der Waals surface area contributed by atoms with Crippen molar-refractivity contribution in [1.82, 2.24) is 19.3 Å². The van der Waals surface area contributed by atoms with Crippen molar-refractivity contribution in [2.45, 2.75) is 63.8 Å². The maximum absolute atomic E-state index is 13.7. The van der Waals surface area contributed by atoms with E-state index in [1.54, 1.807) is 22.7 Å². The number of nitrogens with one attached hydrogen (secondary N) is 2. The smallest absolute Gasteiger partial charge is 0.276 e. The number of aromatic nitrogens is 3. The number of methoxy groups -OCH3 is 1. The Morgan fingerprint density at radius 3 is 2.56 bits per heavy atom. The van der Waals surface area contributed by atoms with Gasteiger partial charge in [0.15, 0.2) is 11.3 Å². The molecule has 204 valence electrons. The zero-order valence-electron chi connectivity index (χ0n) is 22.6. The Kier molecular flexibility index (Phi) is 7.42. The van der Waals surface area contributed by atoms with Gasteiger partial charge in [0.1, 0.15) is 10.6 Å². The van der Waals surface area contributed by atoms with Crippen LogP contribution in [0.5, 0.6) is 5.75 Å². The lowest BCUT2D eigenvalue weighted by atomic mass is 10.0. The number of fused-ring (bicyclic) bond motifs is 1. The maximum Gasteiger partial charge on any atom is 0.276 e. The Labute approximate surface area is 228 Å². The van der Waals surface area contributed by atoms with Crippen LogP contribution in [0.3, 0.4) is 0 Å². The third-order valence-corrected chi connectivity index (χ3v) is 8.72. The highest BCUT2D eigenvalue weighted by Gasteiger charge is 2.29. The number of carbonyl (C=O) groups is 1. The summed E-state index contributed by atoms with van der Waals surface area (Å²) in [5.74, 6) is -0.179. The third kappa shape index (κ3) is 5.26. The van der Waals surface area contributed by atoms with Crippen molar-refractivity contribution >= 4 is 27.3 Å². The van der Waals surface area contributed by atoms with Crippen LogP contribution in [0.1, 0.15) is 60.0 Å². The Hall–Kier alpha value is -3.76. The topological polar surface area (TPSA) is 115 Å². The molecule has 0 atom stereocenters. The molecule has 2 aromatic carbocycles. The number of nitrogens with zero attached hydrogens (tertiary/aromatic N) is 3. The van der Waals surface area contributed by atoms with E-state index in [4.69, 9.17) is 9.72 Å². The fourth-order valence-corrected chi connectivity index (χ4v) is 6.75. The summed E-state index contributed by atoms with van der Waals surface area (Å²) >= 11 is 0. The third-order valence-electron chi connectivity index (χ3n) is 7.18. The van der Waals surface area contributed by atoms with Crippen molar-refractivity contribution < 1.29 is 17.9 Å². The van der Waals surface area contributed by atoms with Gasteiger partial charge in [0.2, 0.25) is 10.0 Å². The molecular weight excluding hydrogens is 514 g/mol. The second-order valence-electron chi connectivity index (χ2n) is 9.93. The predicted octanol–water partition coefficient (Wildman–Crippen LogP) is 5.06. The Bertz CT molecular complexity index is 1660. The zero-order valence-corrected chi connectivity index (χ0v) is 23.4. The number of sulfonamides is 1. The molecule has 39 heavy (non-hydrogen) atoms. The van der Waals surface area contributed by atoms with E-state index < -0.39 is 15.9 Å². The van der Waals surface area contributed by atoms with Gasteiger partial charge in [0.05, 0.1) is 12.7 Å². The van der Waals surface area contributed by atoms with E-state index in [0.717, 1.165) is 49.1 Å². The highest BCUT2D eigenvalue weighted by Crippen LogP contribution is 2.35. The van der Waals surface area contributed by atoms with Gasteiger partial charge in [0.25, 0.3) is 5.91 Å². The van der Waals surface area contributed by atoms with Crippen LogP contribution in [-0.4, -0.2) is 42.1 Å². The molecule has 0 radical (unpaired) electrons. The Morgan fingerprint density at radius 2 is 1.85 bits per heavy atom. The molecule has 0 spiro atoms. The number of amides is 1. The van der Waals surface area contributed by atoms with E-state index in [2.05, 4.69) is 15.1 Å². The predicted molar refractivity (Wildman–Crippen MR) is 151 cm³/mol. The zero-order chi connectivity index (χ0) is 27.7. The summed E-state index contributed by atoms with van der Waals surface area (Å²) in [7, 11) is -2.44. The quantitative estimate of drug-likeness (QED) is 0.319. The molecule has 0 aliphatic heterocycles. The molecule has 1 saturated carbocycles. The highest BCUT2D eigenvalue weighted by molar-refractivity contribution is 7.89. The monoisotopic (exact) mass is 547 g/mol. The number of hydrogen-bond acceptors (Lipinski definition) is 6. The average molecular weight is 548 g/mol. The number of ether oxygens (including phenoxy) is 1. The minimum atomic E-state index is -3.88. The molecule has 1 fully saturated rings. The molecule has 2 N–H and O–H groups in total. The van der Waals surface area contributed by atoms with Gasteiger partial charge >= 0.3 is 0 Å². The number of anilines is 1. The first kappa shape index (κ1) is 26.8. The van der Waals surface area contributed by atoms with Gasteiger partial charge in [-0.25, -0.2) is 22.6 Å². The van der Waals surface area contributed by atoms with Crippen LogP contribution >= 0.6 is 0 Å². The molecule has 0 unspecified atom stereocenters. The maximum atomic E-state index is 13.7. The number of aryl methyl sites for hydroxylation is 3. The number of para-hydroxylation sites is 1. The first-order valence-electron chi connectivity index (χ1n) is 13.2. The highest BCUT2D eigenvalue weighted by atomic mass is 32.2. The van der Waals surface area contributed by atoms with Crippen LogP contribution in [-0.2, 0) is 16.4 Å². The molecule has 5 rings (SSSR count). The van der Waals surface area contributed by atoms with Crippen molar-refractivity contribution in [2.75, 3.05) is 12.4 Å². The molecule has 10 heteroatoms. The number of carbonyl (C=O) groups excluding carboxylic acids is 1. The molecule has 2 heterocycles. The summed E-state index contributed by atoms with van der Waals surface area (Å²) < 4.78 is 36.9. The molecule has 1 aliphatic carbocycles. The van der Waals surface area contributed by atoms with E-state index in [9.17, 15) is 13.2 Å². The second-order valence-corrected chi connectivity index (χ2v) is 11.6. The van der Waals surface area contributed by atoms with Crippen LogP contribution in [0, 0.1) is 13.8 Å². The summed E-state index contributed by atoms with van der Waals surface area (Å²) in [4.78, 5) is 18.4. The van der Waals surface area contributed by atoms with Crippen molar-refractivity contribution in [2.24, 2.45) is 0 Å². The van der Waals surface area contributed by atoms with Crippen LogP contribution < -0.4 is 14.8 Å². The molecule has 4 aromatic rings. The van der Waals surface area contributed by atoms with Crippen LogP contribution in [0.15, 0.2) is 53.4 Å². The molecule has 1 amide bonds. The molecule has 9 nitrogen and oxygen atoms in total. The van der Waals surface area contributed by atoms with Gasteiger partial charge in [-0.1, -0.05) is 44.0 Å². The standard InChI is InChI=1S/C29H33N5O4S/c1-5-20-10-6-9-13-23(20)31-29(35)27-26(28-30-18(2)16-19(3)34(28)32-27)21-14-15-24(38-4)25(17-21)39(36,37)33-22-11-7-8-12-22/h6,9-10,13-17,22,33H,5,7-8,11-12H2,1-4H3,(H,31,35). The van der Waals surface area contributed by atoms with Crippen LogP contribution in [0.2, 0.25) is 0 Å². The van der Waals surface area contributed by atoms with Gasteiger partial charge in [-0.3, -0.25) is 4.79 Å². The summed E-state index contributed by atoms with van der Waals surface area (Å²) in [5, 5.41) is 7.65. The van der Waals surface area contributed by atoms with Crippen molar-refractivity contribution in [3.8, 4) is 16.9 Å². The summed E-state index contributed by atoms with van der Waals surface area (Å²) in [5.41, 5.74) is 4.84. The van der Waals surface area contributed by atoms with E-state index in [1.807, 2.05) is 51.1 Å². The van der Waals surface area contributed by atoms with E-state index in [0.29, 0.717) is 22.5 Å². The molecular formula is C29H33N5O4S. The number of hydrogen-bond donors (Lipinski definition) is 2. The number of rotatable bonds is 8. The van der Waals surface area contributed by atoms with Gasteiger partial charge < -0.3 is 10.1 Å². The average Bonchev–Trinajstić information content (AvgIpc) is 3.56. The van der Waals surface area contributed by atoms with Gasteiger partial charge in [-0.05, 0) is 68.5 Å². The summed E-state index contributed by atoms with van der Waals surface area (Å²) in [6, 6.07) is 14.3. The lowest BCUT2D eigenvalue weighted by Crippen LogP contribution is -2.32.